The summed E-state index contributed by atoms with van der Waals surface area (Å²) in [7, 11) is 0. The molecular formula is C18H34ClNO3. The van der Waals surface area contributed by atoms with Gasteiger partial charge < -0.3 is 26.7 Å². The Balaban J connectivity index is 0.00000264. The molecule has 1 atom stereocenters. The van der Waals surface area contributed by atoms with Gasteiger partial charge in [0, 0.05) is 19.3 Å². The lowest BCUT2D eigenvalue weighted by Crippen LogP contribution is -3.00. The third-order valence-electron chi connectivity index (χ3n) is 5.57. The molecule has 0 saturated carbocycles. The Bertz CT molecular complexity index is 361. The smallest absolute Gasteiger partial charge is 0.338 e. The summed E-state index contributed by atoms with van der Waals surface area (Å²) in [6.45, 7) is 8.76. The van der Waals surface area contributed by atoms with Gasteiger partial charge in [-0.05, 0) is 12.8 Å². The molecule has 0 amide bonds. The van der Waals surface area contributed by atoms with E-state index < -0.39 is 5.60 Å². The van der Waals surface area contributed by atoms with E-state index in [-0.39, 0.29) is 24.5 Å². The minimum atomic E-state index is -1.26. The molecule has 2 saturated heterocycles. The van der Waals surface area contributed by atoms with Crippen LogP contribution in [0.25, 0.3) is 0 Å². The lowest BCUT2D eigenvalue weighted by molar-refractivity contribution is -0.906. The maximum Gasteiger partial charge on any atom is 0.338 e. The monoisotopic (exact) mass is 347 g/mol. The first-order valence-corrected chi connectivity index (χ1v) is 9.32. The summed E-state index contributed by atoms with van der Waals surface area (Å²) in [4.78, 5) is 12.6. The van der Waals surface area contributed by atoms with Gasteiger partial charge in [0.25, 0.3) is 0 Å². The van der Waals surface area contributed by atoms with Gasteiger partial charge >= 0.3 is 5.97 Å². The summed E-state index contributed by atoms with van der Waals surface area (Å²) in [5, 5.41) is 10.8. The Kier molecular flexibility index (Phi) is 8.32. The van der Waals surface area contributed by atoms with Gasteiger partial charge in [0.15, 0.2) is 11.7 Å². The summed E-state index contributed by atoms with van der Waals surface area (Å²) in [6, 6.07) is 0. The number of nitrogens with zero attached hydrogens (tertiary/aromatic N) is 1. The Morgan fingerprint density at radius 3 is 2.22 bits per heavy atom. The highest BCUT2D eigenvalue weighted by Gasteiger charge is 2.44. The standard InChI is InChI=1S/C18H34NO3.ClH/c1-3-5-10-18(21,11-6-4-2)17(20)22-16-9-14-19(15-16)12-7-8-13-19;/h16,21H,3-15H2,1-2H3;1H/q+1;/p-1. The van der Waals surface area contributed by atoms with Crippen LogP contribution < -0.4 is 12.4 Å². The average molecular weight is 348 g/mol. The highest BCUT2D eigenvalue weighted by Crippen LogP contribution is 2.30. The average Bonchev–Trinajstić information content (AvgIpc) is 3.13. The predicted molar refractivity (Wildman–Crippen MR) is 87.5 cm³/mol. The van der Waals surface area contributed by atoms with Crippen molar-refractivity contribution in [3.63, 3.8) is 0 Å². The first-order chi connectivity index (χ1) is 10.5. The van der Waals surface area contributed by atoms with Gasteiger partial charge in [0.05, 0.1) is 19.6 Å². The lowest BCUT2D eigenvalue weighted by Gasteiger charge is -2.30. The van der Waals surface area contributed by atoms with Crippen molar-refractivity contribution < 1.29 is 31.5 Å². The van der Waals surface area contributed by atoms with Crippen molar-refractivity contribution in [2.24, 2.45) is 0 Å². The summed E-state index contributed by atoms with van der Waals surface area (Å²) in [5.74, 6) is -0.362. The van der Waals surface area contributed by atoms with Gasteiger partial charge in [0.2, 0.25) is 0 Å². The second-order valence-electron chi connectivity index (χ2n) is 7.46. The number of rotatable bonds is 8. The van der Waals surface area contributed by atoms with Crippen LogP contribution in [0.5, 0.6) is 0 Å². The molecule has 0 aliphatic carbocycles. The third-order valence-corrected chi connectivity index (χ3v) is 5.57. The van der Waals surface area contributed by atoms with Crippen molar-refractivity contribution in [2.75, 3.05) is 26.2 Å². The summed E-state index contributed by atoms with van der Waals surface area (Å²) in [6.07, 6.45) is 8.39. The van der Waals surface area contributed by atoms with Crippen molar-refractivity contribution in [2.45, 2.75) is 83.3 Å². The number of quaternary nitrogens is 1. The number of aliphatic hydroxyl groups is 1. The Labute approximate surface area is 147 Å². The molecule has 1 unspecified atom stereocenters. The first-order valence-electron chi connectivity index (χ1n) is 9.32. The lowest BCUT2D eigenvalue weighted by atomic mass is 9.91. The number of carbonyl (C=O) groups excluding carboxylic acids is 1. The van der Waals surface area contributed by atoms with Crippen molar-refractivity contribution in [3.8, 4) is 0 Å². The van der Waals surface area contributed by atoms with Crippen molar-refractivity contribution in [3.05, 3.63) is 0 Å². The fourth-order valence-corrected chi connectivity index (χ4v) is 4.07. The van der Waals surface area contributed by atoms with Crippen LogP contribution in [0.15, 0.2) is 0 Å². The van der Waals surface area contributed by atoms with Gasteiger partial charge in [-0.15, -0.1) is 0 Å². The highest BCUT2D eigenvalue weighted by atomic mass is 35.5. The molecule has 4 nitrogen and oxygen atoms in total. The number of esters is 1. The van der Waals surface area contributed by atoms with E-state index in [9.17, 15) is 9.90 Å². The minimum absolute atomic E-state index is 0. The van der Waals surface area contributed by atoms with Crippen molar-refractivity contribution in [1.29, 1.82) is 0 Å². The van der Waals surface area contributed by atoms with Crippen LogP contribution >= 0.6 is 0 Å². The van der Waals surface area contributed by atoms with Crippen molar-refractivity contribution >= 4 is 5.97 Å². The minimum Gasteiger partial charge on any atom is -1.00 e. The molecule has 5 heteroatoms. The highest BCUT2D eigenvalue weighted by molar-refractivity contribution is 5.79. The van der Waals surface area contributed by atoms with Crippen LogP contribution in [0.4, 0.5) is 0 Å². The Morgan fingerprint density at radius 2 is 1.70 bits per heavy atom. The Morgan fingerprint density at radius 1 is 1.13 bits per heavy atom. The number of unbranched alkanes of at least 4 members (excludes halogenated alkanes) is 2. The zero-order valence-electron chi connectivity index (χ0n) is 14.9. The quantitative estimate of drug-likeness (QED) is 0.498. The molecule has 2 aliphatic heterocycles. The van der Waals surface area contributed by atoms with Crippen LogP contribution in [0, 0.1) is 0 Å². The third kappa shape index (κ3) is 5.33. The molecule has 1 N–H and O–H groups in total. The van der Waals surface area contributed by atoms with E-state index in [1.54, 1.807) is 0 Å². The molecule has 0 aromatic carbocycles. The van der Waals surface area contributed by atoms with E-state index in [1.165, 1.54) is 25.9 Å². The van der Waals surface area contributed by atoms with Crippen LogP contribution in [0.2, 0.25) is 0 Å². The predicted octanol–water partition coefficient (Wildman–Crippen LogP) is 0.0280. The fraction of sp³-hybridized carbons (Fsp3) is 0.944. The van der Waals surface area contributed by atoms with E-state index in [0.29, 0.717) is 12.8 Å². The molecule has 0 bridgehead atoms. The van der Waals surface area contributed by atoms with Gasteiger partial charge in [-0.3, -0.25) is 0 Å². The normalized spacial score (nSPS) is 23.0. The largest absolute Gasteiger partial charge is 1.00 e. The maximum absolute atomic E-state index is 12.6. The first kappa shape index (κ1) is 20.7. The fourth-order valence-electron chi connectivity index (χ4n) is 4.07. The van der Waals surface area contributed by atoms with E-state index in [0.717, 1.165) is 49.7 Å². The molecule has 23 heavy (non-hydrogen) atoms. The van der Waals surface area contributed by atoms with Gasteiger partial charge in [-0.1, -0.05) is 39.5 Å². The second-order valence-corrected chi connectivity index (χ2v) is 7.46. The van der Waals surface area contributed by atoms with E-state index >= 15 is 0 Å². The maximum atomic E-state index is 12.6. The second kappa shape index (κ2) is 9.24. The zero-order valence-corrected chi connectivity index (χ0v) is 15.6. The van der Waals surface area contributed by atoms with Gasteiger partial charge in [0.1, 0.15) is 6.54 Å². The summed E-state index contributed by atoms with van der Waals surface area (Å²) < 4.78 is 6.89. The topological polar surface area (TPSA) is 46.5 Å². The molecule has 0 radical (unpaired) electrons. The molecule has 1 spiro atoms. The zero-order chi connectivity index (χ0) is 16.1. The van der Waals surface area contributed by atoms with Crippen molar-refractivity contribution in [1.82, 2.24) is 0 Å². The SMILES string of the molecule is CCCCC(O)(CCCC)C(=O)OC1CC[N+]2(CCCC2)C1.[Cl-]. The number of hydrogen-bond donors (Lipinski definition) is 1. The van der Waals surface area contributed by atoms with Crippen LogP contribution in [0.3, 0.4) is 0 Å². The molecular weight excluding hydrogens is 314 g/mol. The molecule has 2 fully saturated rings. The van der Waals surface area contributed by atoms with E-state index in [4.69, 9.17) is 4.74 Å². The summed E-state index contributed by atoms with van der Waals surface area (Å²) in [5.41, 5.74) is -1.26. The van der Waals surface area contributed by atoms with Gasteiger partial charge in [-0.25, -0.2) is 4.79 Å². The number of carbonyl (C=O) groups is 1. The molecule has 2 aliphatic rings. The van der Waals surface area contributed by atoms with Gasteiger partial charge in [-0.2, -0.15) is 0 Å². The number of hydrogen-bond acceptors (Lipinski definition) is 3. The molecule has 2 heterocycles. The van der Waals surface area contributed by atoms with E-state index in [2.05, 4.69) is 13.8 Å². The molecule has 0 aromatic rings. The number of halogens is 1. The van der Waals surface area contributed by atoms with E-state index in [1.807, 2.05) is 0 Å². The summed E-state index contributed by atoms with van der Waals surface area (Å²) >= 11 is 0. The molecule has 2 rings (SSSR count). The molecule has 0 aromatic heterocycles. The van der Waals surface area contributed by atoms with Crippen LogP contribution in [0.1, 0.15) is 71.6 Å². The number of ether oxygens (including phenoxy) is 1. The van der Waals surface area contributed by atoms with Crippen LogP contribution in [-0.2, 0) is 9.53 Å². The Hall–Kier alpha value is -0.320. The van der Waals surface area contributed by atoms with Crippen LogP contribution in [-0.4, -0.2) is 53.4 Å². The molecule has 136 valence electrons.